The minimum Gasteiger partial charge on any atom is -0.396 e. The highest BCUT2D eigenvalue weighted by molar-refractivity contribution is 9.10. The van der Waals surface area contributed by atoms with Crippen molar-refractivity contribution in [1.82, 2.24) is 9.78 Å². The van der Waals surface area contributed by atoms with E-state index >= 15 is 0 Å². The van der Waals surface area contributed by atoms with Crippen molar-refractivity contribution in [3.05, 3.63) is 21.0 Å². The second kappa shape index (κ2) is 7.31. The maximum Gasteiger partial charge on any atom is 0.284 e. The Morgan fingerprint density at radius 1 is 1.63 bits per heavy atom. The zero-order chi connectivity index (χ0) is 14.4. The van der Waals surface area contributed by atoms with Crippen LogP contribution in [-0.2, 0) is 6.54 Å². The zero-order valence-corrected chi connectivity index (χ0v) is 12.6. The second-order valence-corrected chi connectivity index (χ2v) is 5.34. The lowest BCUT2D eigenvalue weighted by Gasteiger charge is -2.23. The quantitative estimate of drug-likeness (QED) is 0.776. The summed E-state index contributed by atoms with van der Waals surface area (Å²) in [6, 6.07) is 0.0750. The molecule has 19 heavy (non-hydrogen) atoms. The Morgan fingerprint density at radius 3 is 2.84 bits per heavy atom. The van der Waals surface area contributed by atoms with Crippen LogP contribution in [0, 0.1) is 18.3 Å². The van der Waals surface area contributed by atoms with Crippen LogP contribution in [-0.4, -0.2) is 27.5 Å². The fourth-order valence-corrected chi connectivity index (χ4v) is 2.10. The van der Waals surface area contributed by atoms with Crippen molar-refractivity contribution in [2.45, 2.75) is 32.9 Å². The van der Waals surface area contributed by atoms with E-state index in [9.17, 15) is 4.79 Å². The summed E-state index contributed by atoms with van der Waals surface area (Å²) in [5.41, 5.74) is 0.347. The second-order valence-electron chi connectivity index (χ2n) is 4.55. The normalized spacial score (nSPS) is 12.2. The number of terminal acetylenes is 1. The predicted octanol–water partition coefficient (Wildman–Crippen LogP) is 1.46. The van der Waals surface area contributed by atoms with Gasteiger partial charge in [0.05, 0.1) is 11.9 Å². The van der Waals surface area contributed by atoms with Gasteiger partial charge < -0.3 is 10.4 Å². The average Bonchev–Trinajstić information content (AvgIpc) is 2.37. The summed E-state index contributed by atoms with van der Waals surface area (Å²) in [6.45, 7) is 4.33. The van der Waals surface area contributed by atoms with E-state index in [2.05, 4.69) is 32.3 Å². The summed E-state index contributed by atoms with van der Waals surface area (Å²) in [6.07, 6.45) is 7.34. The average molecular weight is 328 g/mol. The van der Waals surface area contributed by atoms with Gasteiger partial charge in [-0.05, 0) is 28.3 Å². The molecule has 104 valence electrons. The third-order valence-corrected chi connectivity index (χ3v) is 3.58. The predicted molar refractivity (Wildman–Crippen MR) is 79.0 cm³/mol. The standard InChI is InChI=1S/C13H18BrN3O2/c1-4-6-17-13(19)12(14)11(8-15-17)16-10(5-7-18)9(2)3/h1,8-10,16,18H,5-7H2,2-3H3. The molecule has 0 aliphatic heterocycles. The lowest BCUT2D eigenvalue weighted by molar-refractivity contribution is 0.267. The first-order valence-corrected chi connectivity index (χ1v) is 6.87. The zero-order valence-electron chi connectivity index (χ0n) is 11.1. The highest BCUT2D eigenvalue weighted by Gasteiger charge is 2.16. The Morgan fingerprint density at radius 2 is 2.32 bits per heavy atom. The Hall–Kier alpha value is -1.32. The highest BCUT2D eigenvalue weighted by Crippen LogP contribution is 2.20. The van der Waals surface area contributed by atoms with Gasteiger partial charge in [0.2, 0.25) is 0 Å². The molecule has 6 heteroatoms. The molecule has 1 unspecified atom stereocenters. The van der Waals surface area contributed by atoms with Crippen LogP contribution in [0.25, 0.3) is 0 Å². The van der Waals surface area contributed by atoms with E-state index in [1.807, 2.05) is 13.8 Å². The molecule has 1 aromatic rings. The van der Waals surface area contributed by atoms with Crippen molar-refractivity contribution in [3.63, 3.8) is 0 Å². The summed E-state index contributed by atoms with van der Waals surface area (Å²) in [7, 11) is 0. The maximum atomic E-state index is 12.0. The van der Waals surface area contributed by atoms with Gasteiger partial charge in [-0.25, -0.2) is 4.68 Å². The molecule has 5 nitrogen and oxygen atoms in total. The van der Waals surface area contributed by atoms with Crippen LogP contribution in [0.2, 0.25) is 0 Å². The number of aliphatic hydroxyl groups is 1. The fraction of sp³-hybridized carbons (Fsp3) is 0.538. The van der Waals surface area contributed by atoms with Gasteiger partial charge in [-0.3, -0.25) is 4.79 Å². The molecule has 1 heterocycles. The molecule has 0 saturated carbocycles. The van der Waals surface area contributed by atoms with Crippen molar-refractivity contribution < 1.29 is 5.11 Å². The molecule has 1 rings (SSSR count). The number of rotatable bonds is 6. The molecule has 0 saturated heterocycles. The summed E-state index contributed by atoms with van der Waals surface area (Å²) in [5, 5.41) is 16.3. The Bertz CT molecular complexity index is 520. The molecule has 0 aliphatic rings. The van der Waals surface area contributed by atoms with Gasteiger partial charge in [0, 0.05) is 12.6 Å². The van der Waals surface area contributed by atoms with Gasteiger partial charge in [-0.15, -0.1) is 6.42 Å². The van der Waals surface area contributed by atoms with Crippen LogP contribution in [0.1, 0.15) is 20.3 Å². The summed E-state index contributed by atoms with van der Waals surface area (Å²) >= 11 is 3.26. The maximum absolute atomic E-state index is 12.0. The van der Waals surface area contributed by atoms with Crippen LogP contribution in [0.5, 0.6) is 0 Å². The van der Waals surface area contributed by atoms with E-state index in [1.54, 1.807) is 6.20 Å². The lowest BCUT2D eigenvalue weighted by atomic mass is 10.0. The van der Waals surface area contributed by atoms with Crippen LogP contribution in [0.4, 0.5) is 5.69 Å². The Labute approximate surface area is 121 Å². The van der Waals surface area contributed by atoms with Crippen molar-refractivity contribution in [2.75, 3.05) is 11.9 Å². The van der Waals surface area contributed by atoms with Gasteiger partial charge in [0.15, 0.2) is 0 Å². The van der Waals surface area contributed by atoms with E-state index < -0.39 is 0 Å². The first-order chi connectivity index (χ1) is 9.01. The SMILES string of the molecule is C#CCn1ncc(NC(CCO)C(C)C)c(Br)c1=O. The van der Waals surface area contributed by atoms with Gasteiger partial charge >= 0.3 is 0 Å². The minimum atomic E-state index is -0.269. The van der Waals surface area contributed by atoms with Crippen molar-refractivity contribution in [2.24, 2.45) is 5.92 Å². The van der Waals surface area contributed by atoms with Crippen molar-refractivity contribution in [3.8, 4) is 12.3 Å². The van der Waals surface area contributed by atoms with Gasteiger partial charge in [0.1, 0.15) is 11.0 Å². The van der Waals surface area contributed by atoms with Crippen molar-refractivity contribution in [1.29, 1.82) is 0 Å². The first-order valence-electron chi connectivity index (χ1n) is 6.07. The van der Waals surface area contributed by atoms with Gasteiger partial charge in [0.25, 0.3) is 5.56 Å². The van der Waals surface area contributed by atoms with Crippen LogP contribution < -0.4 is 10.9 Å². The molecule has 1 atom stereocenters. The number of hydrogen-bond donors (Lipinski definition) is 2. The molecular weight excluding hydrogens is 310 g/mol. The molecule has 0 bridgehead atoms. The highest BCUT2D eigenvalue weighted by atomic mass is 79.9. The Balaban J connectivity index is 2.99. The number of anilines is 1. The van der Waals surface area contributed by atoms with Crippen LogP contribution in [0.3, 0.4) is 0 Å². The Kier molecular flexibility index (Phi) is 6.06. The molecular formula is C13H18BrN3O2. The molecule has 2 N–H and O–H groups in total. The van der Waals surface area contributed by atoms with Crippen LogP contribution >= 0.6 is 15.9 Å². The first kappa shape index (κ1) is 15.7. The molecule has 0 spiro atoms. The van der Waals surface area contributed by atoms with E-state index in [0.717, 1.165) is 0 Å². The smallest absolute Gasteiger partial charge is 0.284 e. The fourth-order valence-electron chi connectivity index (χ4n) is 1.68. The number of aromatic nitrogens is 2. The van der Waals surface area contributed by atoms with Gasteiger partial charge in [-0.2, -0.15) is 5.10 Å². The number of halogens is 1. The van der Waals surface area contributed by atoms with E-state index in [1.165, 1.54) is 4.68 Å². The number of hydrogen-bond acceptors (Lipinski definition) is 4. The monoisotopic (exact) mass is 327 g/mol. The third kappa shape index (κ3) is 4.08. The number of aliphatic hydroxyl groups excluding tert-OH is 1. The summed E-state index contributed by atoms with van der Waals surface area (Å²) in [4.78, 5) is 12.0. The number of nitrogens with one attached hydrogen (secondary N) is 1. The molecule has 0 radical (unpaired) electrons. The summed E-state index contributed by atoms with van der Waals surface area (Å²) < 4.78 is 1.62. The lowest BCUT2D eigenvalue weighted by Crippen LogP contribution is -2.30. The topological polar surface area (TPSA) is 67.2 Å². The van der Waals surface area contributed by atoms with Crippen LogP contribution in [0.15, 0.2) is 15.5 Å². The largest absolute Gasteiger partial charge is 0.396 e. The molecule has 0 aromatic carbocycles. The molecule has 1 aromatic heterocycles. The third-order valence-electron chi connectivity index (χ3n) is 2.81. The van der Waals surface area contributed by atoms with E-state index in [-0.39, 0.29) is 24.8 Å². The van der Waals surface area contributed by atoms with Gasteiger partial charge in [-0.1, -0.05) is 19.8 Å². The number of nitrogens with zero attached hydrogens (tertiary/aromatic N) is 2. The summed E-state index contributed by atoms with van der Waals surface area (Å²) in [5.74, 6) is 2.70. The molecule has 0 fully saturated rings. The minimum absolute atomic E-state index is 0.0750. The molecule has 0 aliphatic carbocycles. The van der Waals surface area contributed by atoms with E-state index in [4.69, 9.17) is 11.5 Å². The van der Waals surface area contributed by atoms with Crippen molar-refractivity contribution >= 4 is 21.6 Å². The van der Waals surface area contributed by atoms with E-state index in [0.29, 0.717) is 22.5 Å². The molecule has 0 amide bonds.